The van der Waals surface area contributed by atoms with E-state index in [4.69, 9.17) is 4.74 Å². The Morgan fingerprint density at radius 3 is 2.88 bits per heavy atom. The highest BCUT2D eigenvalue weighted by molar-refractivity contribution is 7.99. The minimum absolute atomic E-state index is 0.0647. The topological polar surface area (TPSA) is 38.3 Å². The van der Waals surface area contributed by atoms with Crippen LogP contribution in [0.5, 0.6) is 5.75 Å². The number of ether oxygens (including phenoxy) is 1. The Labute approximate surface area is 143 Å². The zero-order chi connectivity index (χ0) is 17.1. The summed E-state index contributed by atoms with van der Waals surface area (Å²) in [7, 11) is 1.39. The fourth-order valence-electron chi connectivity index (χ4n) is 2.79. The molecule has 24 heavy (non-hydrogen) atoms. The molecule has 1 N–H and O–H groups in total. The second-order valence-electron chi connectivity index (χ2n) is 5.56. The summed E-state index contributed by atoms with van der Waals surface area (Å²) in [5, 5.41) is 2.93. The van der Waals surface area contributed by atoms with E-state index in [1.54, 1.807) is 12.1 Å². The monoisotopic (exact) mass is 349 g/mol. The Morgan fingerprint density at radius 2 is 2.12 bits per heavy atom. The van der Waals surface area contributed by atoms with E-state index in [0.29, 0.717) is 10.5 Å². The SMILES string of the molecule is COc1ccc(CC(=O)NC2CCSc3c(F)cccc32)cc1F. The highest BCUT2D eigenvalue weighted by Crippen LogP contribution is 2.37. The van der Waals surface area contributed by atoms with Crippen molar-refractivity contribution in [1.29, 1.82) is 0 Å². The van der Waals surface area contributed by atoms with Crippen molar-refractivity contribution in [1.82, 2.24) is 5.32 Å². The van der Waals surface area contributed by atoms with E-state index in [1.807, 2.05) is 6.07 Å². The molecule has 0 spiro atoms. The van der Waals surface area contributed by atoms with Crippen LogP contribution in [0.3, 0.4) is 0 Å². The molecule has 6 heteroatoms. The molecule has 0 radical (unpaired) electrons. The maximum atomic E-state index is 13.9. The number of carbonyl (C=O) groups is 1. The lowest BCUT2D eigenvalue weighted by atomic mass is 10.0. The molecular formula is C18H17F2NO2S. The number of fused-ring (bicyclic) bond motifs is 1. The number of carbonyl (C=O) groups excluding carboxylic acids is 1. The van der Waals surface area contributed by atoms with Gasteiger partial charge in [-0.15, -0.1) is 11.8 Å². The standard InChI is InChI=1S/C18H17F2NO2S/c1-23-16-6-5-11(9-14(16)20)10-17(22)21-15-7-8-24-18-12(15)3-2-4-13(18)19/h2-6,9,15H,7-8,10H2,1H3,(H,21,22). The Hall–Kier alpha value is -2.08. The molecule has 0 aliphatic carbocycles. The molecule has 0 bridgehead atoms. The second kappa shape index (κ2) is 7.21. The fourth-order valence-corrected chi connectivity index (χ4v) is 3.93. The molecule has 0 saturated heterocycles. The first-order chi connectivity index (χ1) is 11.6. The molecule has 1 heterocycles. The first-order valence-corrected chi connectivity index (χ1v) is 8.60. The Kier molecular flexibility index (Phi) is 5.04. The summed E-state index contributed by atoms with van der Waals surface area (Å²) >= 11 is 1.47. The van der Waals surface area contributed by atoms with Gasteiger partial charge in [-0.25, -0.2) is 8.78 Å². The van der Waals surface area contributed by atoms with Gasteiger partial charge in [-0.05, 0) is 35.7 Å². The highest BCUT2D eigenvalue weighted by atomic mass is 32.2. The van der Waals surface area contributed by atoms with Gasteiger partial charge in [0.1, 0.15) is 5.82 Å². The maximum Gasteiger partial charge on any atom is 0.224 e. The summed E-state index contributed by atoms with van der Waals surface area (Å²) in [5.41, 5.74) is 1.37. The number of nitrogens with one attached hydrogen (secondary N) is 1. The summed E-state index contributed by atoms with van der Waals surface area (Å²) in [6.45, 7) is 0. The summed E-state index contributed by atoms with van der Waals surface area (Å²) in [6.07, 6.45) is 0.805. The Bertz CT molecular complexity index is 767. The molecule has 1 unspecified atom stereocenters. The lowest BCUT2D eigenvalue weighted by Crippen LogP contribution is -2.32. The summed E-state index contributed by atoms with van der Waals surface area (Å²) in [6, 6.07) is 9.15. The van der Waals surface area contributed by atoms with E-state index in [9.17, 15) is 13.6 Å². The molecule has 0 aromatic heterocycles. The van der Waals surface area contributed by atoms with Crippen molar-refractivity contribution in [2.75, 3.05) is 12.9 Å². The van der Waals surface area contributed by atoms with Gasteiger partial charge in [-0.3, -0.25) is 4.79 Å². The van der Waals surface area contributed by atoms with Crippen molar-refractivity contribution in [2.24, 2.45) is 0 Å². The molecule has 3 rings (SSSR count). The van der Waals surface area contributed by atoms with Crippen LogP contribution in [0.25, 0.3) is 0 Å². The van der Waals surface area contributed by atoms with E-state index in [2.05, 4.69) is 5.32 Å². The van der Waals surface area contributed by atoms with Crippen LogP contribution < -0.4 is 10.1 Å². The average Bonchev–Trinajstić information content (AvgIpc) is 2.56. The minimum atomic E-state index is -0.496. The lowest BCUT2D eigenvalue weighted by Gasteiger charge is -2.26. The molecule has 2 aromatic rings. The smallest absolute Gasteiger partial charge is 0.224 e. The normalized spacial score (nSPS) is 16.4. The van der Waals surface area contributed by atoms with Gasteiger partial charge in [0.05, 0.1) is 19.6 Å². The van der Waals surface area contributed by atoms with Gasteiger partial charge in [0.2, 0.25) is 5.91 Å². The van der Waals surface area contributed by atoms with Crippen molar-refractivity contribution in [3.05, 3.63) is 59.2 Å². The van der Waals surface area contributed by atoms with Crippen LogP contribution in [0.1, 0.15) is 23.6 Å². The number of benzene rings is 2. The summed E-state index contributed by atoms with van der Waals surface area (Å²) < 4.78 is 32.4. The van der Waals surface area contributed by atoms with Crippen LogP contribution in [-0.4, -0.2) is 18.8 Å². The zero-order valence-corrected chi connectivity index (χ0v) is 14.0. The Morgan fingerprint density at radius 1 is 1.29 bits per heavy atom. The third kappa shape index (κ3) is 3.53. The van der Waals surface area contributed by atoms with Gasteiger partial charge in [0.25, 0.3) is 0 Å². The molecule has 0 saturated carbocycles. The van der Waals surface area contributed by atoms with E-state index < -0.39 is 5.82 Å². The summed E-state index contributed by atoms with van der Waals surface area (Å²) in [5.74, 6) is -0.0757. The molecule has 1 aliphatic heterocycles. The van der Waals surface area contributed by atoms with Gasteiger partial charge in [0.15, 0.2) is 11.6 Å². The predicted octanol–water partition coefficient (Wildman–Crippen LogP) is 3.87. The minimum Gasteiger partial charge on any atom is -0.494 e. The molecule has 3 nitrogen and oxygen atoms in total. The number of hydrogen-bond acceptors (Lipinski definition) is 3. The van der Waals surface area contributed by atoms with Gasteiger partial charge in [-0.2, -0.15) is 0 Å². The molecule has 0 fully saturated rings. The Balaban J connectivity index is 1.70. The predicted molar refractivity (Wildman–Crippen MR) is 89.3 cm³/mol. The number of thioether (sulfide) groups is 1. The van der Waals surface area contributed by atoms with Crippen LogP contribution in [0.2, 0.25) is 0 Å². The average molecular weight is 349 g/mol. The quantitative estimate of drug-likeness (QED) is 0.911. The number of rotatable bonds is 4. The van der Waals surface area contributed by atoms with E-state index >= 15 is 0 Å². The van der Waals surface area contributed by atoms with Crippen LogP contribution in [0.15, 0.2) is 41.3 Å². The first-order valence-electron chi connectivity index (χ1n) is 7.61. The van der Waals surface area contributed by atoms with Gasteiger partial charge < -0.3 is 10.1 Å². The van der Waals surface area contributed by atoms with Crippen LogP contribution >= 0.6 is 11.8 Å². The van der Waals surface area contributed by atoms with Crippen LogP contribution in [0.4, 0.5) is 8.78 Å². The number of hydrogen-bond donors (Lipinski definition) is 1. The van der Waals surface area contributed by atoms with Gasteiger partial charge >= 0.3 is 0 Å². The van der Waals surface area contributed by atoms with Crippen molar-refractivity contribution in [2.45, 2.75) is 23.8 Å². The van der Waals surface area contributed by atoms with Gasteiger partial charge in [0, 0.05) is 10.6 Å². The van der Waals surface area contributed by atoms with Gasteiger partial charge in [-0.1, -0.05) is 18.2 Å². The molecule has 1 amide bonds. The number of halogens is 2. The van der Waals surface area contributed by atoms with E-state index in [0.717, 1.165) is 17.7 Å². The third-order valence-electron chi connectivity index (χ3n) is 3.94. The van der Waals surface area contributed by atoms with Crippen molar-refractivity contribution in [3.63, 3.8) is 0 Å². The molecular weight excluding hydrogens is 332 g/mol. The second-order valence-corrected chi connectivity index (χ2v) is 6.67. The third-order valence-corrected chi connectivity index (χ3v) is 5.10. The lowest BCUT2D eigenvalue weighted by molar-refractivity contribution is -0.121. The van der Waals surface area contributed by atoms with Crippen molar-refractivity contribution in [3.8, 4) is 5.75 Å². The largest absolute Gasteiger partial charge is 0.494 e. The zero-order valence-electron chi connectivity index (χ0n) is 13.1. The first kappa shape index (κ1) is 16.8. The maximum absolute atomic E-state index is 13.9. The molecule has 1 aliphatic rings. The van der Waals surface area contributed by atoms with E-state index in [1.165, 1.54) is 37.1 Å². The molecule has 1 atom stereocenters. The summed E-state index contributed by atoms with van der Waals surface area (Å²) in [4.78, 5) is 12.9. The number of amides is 1. The van der Waals surface area contributed by atoms with Crippen molar-refractivity contribution >= 4 is 17.7 Å². The molecule has 2 aromatic carbocycles. The number of methoxy groups -OCH3 is 1. The molecule has 126 valence electrons. The van der Waals surface area contributed by atoms with Crippen LogP contribution in [0, 0.1) is 11.6 Å². The van der Waals surface area contributed by atoms with Crippen molar-refractivity contribution < 1.29 is 18.3 Å². The van der Waals surface area contributed by atoms with Crippen LogP contribution in [-0.2, 0) is 11.2 Å². The highest BCUT2D eigenvalue weighted by Gasteiger charge is 2.24. The fraction of sp³-hybridized carbons (Fsp3) is 0.278. The van der Waals surface area contributed by atoms with E-state index in [-0.39, 0.29) is 29.9 Å².